The predicted molar refractivity (Wildman–Crippen MR) is 69.5 cm³/mol. The summed E-state index contributed by atoms with van der Waals surface area (Å²) in [6.07, 6.45) is 2.50. The highest BCUT2D eigenvalue weighted by Gasteiger charge is 2.13. The maximum atomic E-state index is 13.3. The van der Waals surface area contributed by atoms with Gasteiger partial charge in [-0.2, -0.15) is 5.10 Å². The zero-order chi connectivity index (χ0) is 13.8. The third kappa shape index (κ3) is 3.24. The van der Waals surface area contributed by atoms with E-state index in [-0.39, 0.29) is 12.2 Å². The summed E-state index contributed by atoms with van der Waals surface area (Å²) in [7, 11) is 0. The monoisotopic (exact) mass is 261 g/mol. The number of ketones is 1. The fraction of sp³-hybridized carbons (Fsp3) is 0.357. The third-order valence-corrected chi connectivity index (χ3v) is 2.81. The fourth-order valence-corrected chi connectivity index (χ4v) is 1.97. The van der Waals surface area contributed by atoms with Crippen LogP contribution < -0.4 is 0 Å². The van der Waals surface area contributed by atoms with Crippen molar-refractivity contribution in [1.29, 1.82) is 0 Å². The molecule has 0 radical (unpaired) electrons. The van der Waals surface area contributed by atoms with Gasteiger partial charge in [-0.3, -0.25) is 4.79 Å². The van der Waals surface area contributed by atoms with Gasteiger partial charge < -0.3 is 0 Å². The zero-order valence-electron chi connectivity index (χ0n) is 11.1. The van der Waals surface area contributed by atoms with Crippen molar-refractivity contribution >= 4 is 5.78 Å². The normalized spacial score (nSPS) is 10.7. The third-order valence-electron chi connectivity index (χ3n) is 2.81. The van der Waals surface area contributed by atoms with Crippen LogP contribution >= 0.6 is 0 Å². The lowest BCUT2D eigenvalue weighted by Crippen LogP contribution is -2.12. The second-order valence-corrected chi connectivity index (χ2v) is 4.52. The van der Waals surface area contributed by atoms with Gasteiger partial charge in [0, 0.05) is 12.1 Å². The Labute approximate surface area is 111 Å². The van der Waals surface area contributed by atoms with Crippen molar-refractivity contribution in [2.45, 2.75) is 33.2 Å². The van der Waals surface area contributed by atoms with Crippen LogP contribution in [0.3, 0.4) is 0 Å². The zero-order valence-corrected chi connectivity index (χ0v) is 11.1. The molecule has 1 aromatic heterocycles. The molecule has 0 saturated carbocycles. The Morgan fingerprint density at radius 3 is 2.84 bits per heavy atom. The van der Waals surface area contributed by atoms with Crippen LogP contribution in [-0.2, 0) is 13.0 Å². The van der Waals surface area contributed by atoms with Crippen molar-refractivity contribution in [3.8, 4) is 0 Å². The van der Waals surface area contributed by atoms with E-state index in [0.29, 0.717) is 11.4 Å². The van der Waals surface area contributed by atoms with E-state index in [1.165, 1.54) is 18.5 Å². The molecule has 5 heteroatoms. The first-order valence-electron chi connectivity index (χ1n) is 6.27. The van der Waals surface area contributed by atoms with E-state index in [1.807, 2.05) is 6.92 Å². The number of hydrogen-bond acceptors (Lipinski definition) is 3. The summed E-state index contributed by atoms with van der Waals surface area (Å²) in [6, 6.07) is 4.35. The van der Waals surface area contributed by atoms with E-state index in [0.717, 1.165) is 18.5 Å². The van der Waals surface area contributed by atoms with Crippen molar-refractivity contribution in [3.63, 3.8) is 0 Å². The molecule has 0 fully saturated rings. The Bertz CT molecular complexity index is 572. The molecular weight excluding hydrogens is 245 g/mol. The second-order valence-electron chi connectivity index (χ2n) is 4.52. The standard InChI is InChI=1S/C14H16FN3O/c1-3-4-18-14(16-9-17-18)8-13(19)11-5-10(2)6-12(15)7-11/h5-7,9H,3-4,8H2,1-2H3. The van der Waals surface area contributed by atoms with E-state index in [2.05, 4.69) is 10.1 Å². The summed E-state index contributed by atoms with van der Waals surface area (Å²) in [6.45, 7) is 4.52. The van der Waals surface area contributed by atoms with Crippen molar-refractivity contribution in [2.75, 3.05) is 0 Å². The first-order chi connectivity index (χ1) is 9.10. The summed E-state index contributed by atoms with van der Waals surface area (Å²) >= 11 is 0. The molecule has 0 aliphatic heterocycles. The van der Waals surface area contributed by atoms with Crippen LogP contribution in [-0.4, -0.2) is 20.5 Å². The van der Waals surface area contributed by atoms with E-state index in [4.69, 9.17) is 0 Å². The minimum Gasteiger partial charge on any atom is -0.294 e. The Balaban J connectivity index is 2.18. The number of aromatic nitrogens is 3. The Hall–Kier alpha value is -2.04. The molecule has 0 amide bonds. The van der Waals surface area contributed by atoms with Crippen LogP contribution in [0.15, 0.2) is 24.5 Å². The fourth-order valence-electron chi connectivity index (χ4n) is 1.97. The van der Waals surface area contributed by atoms with Crippen molar-refractivity contribution < 1.29 is 9.18 Å². The number of nitrogens with zero attached hydrogens (tertiary/aromatic N) is 3. The lowest BCUT2D eigenvalue weighted by molar-refractivity contribution is 0.0988. The molecule has 100 valence electrons. The van der Waals surface area contributed by atoms with Crippen LogP contribution in [0, 0.1) is 12.7 Å². The molecule has 4 nitrogen and oxygen atoms in total. The average molecular weight is 261 g/mol. The van der Waals surface area contributed by atoms with Gasteiger partial charge in [-0.15, -0.1) is 0 Å². The van der Waals surface area contributed by atoms with E-state index < -0.39 is 5.82 Å². The van der Waals surface area contributed by atoms with Gasteiger partial charge in [0.1, 0.15) is 18.0 Å². The molecule has 0 bridgehead atoms. The minimum atomic E-state index is -0.390. The molecule has 2 rings (SSSR count). The maximum absolute atomic E-state index is 13.3. The van der Waals surface area contributed by atoms with Crippen LogP contribution in [0.25, 0.3) is 0 Å². The van der Waals surface area contributed by atoms with E-state index >= 15 is 0 Å². The van der Waals surface area contributed by atoms with Gasteiger partial charge in [0.25, 0.3) is 0 Å². The smallest absolute Gasteiger partial charge is 0.170 e. The largest absolute Gasteiger partial charge is 0.294 e. The minimum absolute atomic E-state index is 0.142. The summed E-state index contributed by atoms with van der Waals surface area (Å²) < 4.78 is 15.0. The Morgan fingerprint density at radius 2 is 2.16 bits per heavy atom. The quantitative estimate of drug-likeness (QED) is 0.777. The molecule has 2 aromatic rings. The Morgan fingerprint density at radius 1 is 1.37 bits per heavy atom. The van der Waals surface area contributed by atoms with Crippen LogP contribution in [0.2, 0.25) is 0 Å². The number of benzene rings is 1. The SMILES string of the molecule is CCCn1ncnc1CC(=O)c1cc(C)cc(F)c1. The number of hydrogen-bond donors (Lipinski definition) is 0. The highest BCUT2D eigenvalue weighted by Crippen LogP contribution is 2.11. The lowest BCUT2D eigenvalue weighted by atomic mass is 10.1. The topological polar surface area (TPSA) is 47.8 Å². The van der Waals surface area contributed by atoms with Crippen molar-refractivity contribution in [3.05, 3.63) is 47.3 Å². The van der Waals surface area contributed by atoms with Gasteiger partial charge in [0.15, 0.2) is 5.78 Å². The summed E-state index contributed by atoms with van der Waals surface area (Å²) in [4.78, 5) is 16.2. The van der Waals surface area contributed by atoms with E-state index in [9.17, 15) is 9.18 Å². The molecule has 0 spiro atoms. The molecule has 0 aliphatic rings. The van der Waals surface area contributed by atoms with Crippen molar-refractivity contribution in [1.82, 2.24) is 14.8 Å². The predicted octanol–water partition coefficient (Wildman–Crippen LogP) is 2.56. The molecule has 1 heterocycles. The molecule has 0 unspecified atom stereocenters. The first kappa shape index (κ1) is 13.4. The molecular formula is C14H16FN3O. The highest BCUT2D eigenvalue weighted by atomic mass is 19.1. The molecule has 0 atom stereocenters. The van der Waals surface area contributed by atoms with Crippen LogP contribution in [0.4, 0.5) is 4.39 Å². The molecule has 0 N–H and O–H groups in total. The number of Topliss-reactive ketones (excluding diaryl/α,β-unsaturated/α-hetero) is 1. The van der Waals surface area contributed by atoms with Gasteiger partial charge >= 0.3 is 0 Å². The van der Waals surface area contributed by atoms with Gasteiger partial charge in [-0.1, -0.05) is 6.92 Å². The number of aryl methyl sites for hydroxylation is 2. The molecule has 0 aliphatic carbocycles. The van der Waals surface area contributed by atoms with Crippen LogP contribution in [0.1, 0.15) is 35.1 Å². The van der Waals surface area contributed by atoms with E-state index in [1.54, 1.807) is 17.7 Å². The van der Waals surface area contributed by atoms with Crippen molar-refractivity contribution in [2.24, 2.45) is 0 Å². The number of halogens is 1. The highest BCUT2D eigenvalue weighted by molar-refractivity contribution is 5.97. The lowest BCUT2D eigenvalue weighted by Gasteiger charge is -2.05. The molecule has 1 aromatic carbocycles. The summed E-state index contributed by atoms with van der Waals surface area (Å²) in [5.41, 5.74) is 1.11. The summed E-state index contributed by atoms with van der Waals surface area (Å²) in [5.74, 6) is 0.0834. The number of carbonyl (C=O) groups excluding carboxylic acids is 1. The number of carbonyl (C=O) groups is 1. The average Bonchev–Trinajstić information content (AvgIpc) is 2.76. The Kier molecular flexibility index (Phi) is 4.04. The molecule has 19 heavy (non-hydrogen) atoms. The van der Waals surface area contributed by atoms with Gasteiger partial charge in [-0.25, -0.2) is 14.1 Å². The second kappa shape index (κ2) is 5.73. The summed E-state index contributed by atoms with van der Waals surface area (Å²) in [5, 5.41) is 4.07. The maximum Gasteiger partial charge on any atom is 0.170 e. The van der Waals surface area contributed by atoms with Crippen LogP contribution in [0.5, 0.6) is 0 Å². The first-order valence-corrected chi connectivity index (χ1v) is 6.27. The van der Waals surface area contributed by atoms with Gasteiger partial charge in [0.05, 0.1) is 6.42 Å². The number of rotatable bonds is 5. The molecule has 0 saturated heterocycles. The van der Waals surface area contributed by atoms with Gasteiger partial charge in [-0.05, 0) is 37.1 Å². The van der Waals surface area contributed by atoms with Gasteiger partial charge in [0.2, 0.25) is 0 Å².